The molecule has 0 fully saturated rings. The van der Waals surface area contributed by atoms with E-state index in [1.165, 1.54) is 0 Å². The fourth-order valence-corrected chi connectivity index (χ4v) is 1.14. The third-order valence-electron chi connectivity index (χ3n) is 2.00. The minimum absolute atomic E-state index is 0.287. The molecule has 0 spiro atoms. The molecule has 0 bridgehead atoms. The third kappa shape index (κ3) is 3.91. The third-order valence-corrected chi connectivity index (χ3v) is 2.00. The summed E-state index contributed by atoms with van der Waals surface area (Å²) >= 11 is 0. The summed E-state index contributed by atoms with van der Waals surface area (Å²) in [6, 6.07) is 3.23. The summed E-state index contributed by atoms with van der Waals surface area (Å²) in [5.74, 6) is 0.678. The van der Waals surface area contributed by atoms with E-state index in [4.69, 9.17) is 22.9 Å². The minimum Gasteiger partial charge on any atom is -0.399 e. The molecule has 0 amide bonds. The predicted molar refractivity (Wildman–Crippen MR) is 68.1 cm³/mol. The Bertz CT molecular complexity index is 409. The largest absolute Gasteiger partial charge is 0.399 e. The second kappa shape index (κ2) is 5.65. The zero-order valence-electron chi connectivity index (χ0n) is 9.06. The van der Waals surface area contributed by atoms with Gasteiger partial charge >= 0.3 is 0 Å². The van der Waals surface area contributed by atoms with Gasteiger partial charge in [-0.15, -0.1) is 0 Å². The van der Waals surface area contributed by atoms with Crippen molar-refractivity contribution in [1.82, 2.24) is 4.98 Å². The summed E-state index contributed by atoms with van der Waals surface area (Å²) in [4.78, 5) is 3.70. The molecule has 0 radical (unpaired) electrons. The van der Waals surface area contributed by atoms with E-state index in [0.29, 0.717) is 11.5 Å². The Balaban J connectivity index is 0.000000165. The van der Waals surface area contributed by atoms with Gasteiger partial charge in [0, 0.05) is 5.70 Å². The molecule has 1 aliphatic rings. The van der Waals surface area contributed by atoms with Crippen molar-refractivity contribution >= 4 is 17.3 Å². The molecule has 86 valence electrons. The minimum atomic E-state index is 0.287. The van der Waals surface area contributed by atoms with E-state index in [0.717, 1.165) is 18.5 Å². The first-order valence-corrected chi connectivity index (χ1v) is 4.99. The van der Waals surface area contributed by atoms with E-state index in [9.17, 15) is 0 Å². The molecule has 0 aromatic carbocycles. The van der Waals surface area contributed by atoms with Crippen LogP contribution in [0.2, 0.25) is 0 Å². The van der Waals surface area contributed by atoms with Gasteiger partial charge < -0.3 is 22.9 Å². The molecule has 1 aromatic rings. The van der Waals surface area contributed by atoms with Crippen LogP contribution < -0.4 is 22.9 Å². The molecule has 1 heterocycles. The highest BCUT2D eigenvalue weighted by molar-refractivity contribution is 5.60. The van der Waals surface area contributed by atoms with Crippen molar-refractivity contribution in [2.75, 3.05) is 17.2 Å². The van der Waals surface area contributed by atoms with Gasteiger partial charge in [-0.2, -0.15) is 0 Å². The van der Waals surface area contributed by atoms with E-state index in [2.05, 4.69) is 11.1 Å². The molecule has 2 rings (SSSR count). The Morgan fingerprint density at radius 3 is 2.12 bits per heavy atom. The lowest BCUT2D eigenvalue weighted by Gasteiger charge is -1.97. The van der Waals surface area contributed by atoms with Crippen molar-refractivity contribution in [3.8, 4) is 0 Å². The molecule has 16 heavy (non-hydrogen) atoms. The number of nitrogens with two attached hydrogens (primary N) is 4. The first-order valence-electron chi connectivity index (χ1n) is 4.99. The molecule has 0 saturated heterocycles. The van der Waals surface area contributed by atoms with Crippen LogP contribution in [0.3, 0.4) is 0 Å². The summed E-state index contributed by atoms with van der Waals surface area (Å²) < 4.78 is 0. The standard InChI is InChI=1S/C6H9N.C5H8N4/c7-6-4-2-1-3-5-6;6-3-1-2-4(7)9-5(3)8/h2,4-5H,1,3,7H2;1-2H,6H2,(H4,7,8,9). The van der Waals surface area contributed by atoms with Crippen LogP contribution in [-0.4, -0.2) is 4.98 Å². The first-order chi connectivity index (χ1) is 7.59. The maximum absolute atomic E-state index is 5.41. The zero-order valence-corrected chi connectivity index (χ0v) is 9.06. The Morgan fingerprint density at radius 2 is 1.75 bits per heavy atom. The van der Waals surface area contributed by atoms with Gasteiger partial charge in [0.15, 0.2) is 0 Å². The zero-order chi connectivity index (χ0) is 12.0. The van der Waals surface area contributed by atoms with Crippen LogP contribution in [0.25, 0.3) is 0 Å². The smallest absolute Gasteiger partial charge is 0.149 e. The van der Waals surface area contributed by atoms with E-state index in [-0.39, 0.29) is 5.82 Å². The molecule has 1 aliphatic carbocycles. The van der Waals surface area contributed by atoms with Gasteiger partial charge in [0.25, 0.3) is 0 Å². The van der Waals surface area contributed by atoms with Crippen LogP contribution in [0.4, 0.5) is 17.3 Å². The number of pyridine rings is 1. The molecular weight excluding hydrogens is 202 g/mol. The van der Waals surface area contributed by atoms with Crippen LogP contribution in [0, 0.1) is 0 Å². The monoisotopic (exact) mass is 219 g/mol. The van der Waals surface area contributed by atoms with Crippen molar-refractivity contribution in [2.45, 2.75) is 12.8 Å². The van der Waals surface area contributed by atoms with Crippen molar-refractivity contribution in [1.29, 1.82) is 0 Å². The Morgan fingerprint density at radius 1 is 1.00 bits per heavy atom. The van der Waals surface area contributed by atoms with E-state index in [1.54, 1.807) is 12.1 Å². The number of nitrogen functional groups attached to an aromatic ring is 3. The van der Waals surface area contributed by atoms with E-state index < -0.39 is 0 Å². The summed E-state index contributed by atoms with van der Waals surface area (Å²) in [5, 5.41) is 0. The second-order valence-corrected chi connectivity index (χ2v) is 3.39. The van der Waals surface area contributed by atoms with Crippen molar-refractivity contribution in [3.05, 3.63) is 36.1 Å². The lowest BCUT2D eigenvalue weighted by atomic mass is 10.2. The van der Waals surface area contributed by atoms with Gasteiger partial charge in [0.2, 0.25) is 0 Å². The molecule has 0 atom stereocenters. The van der Waals surface area contributed by atoms with Crippen LogP contribution in [0.15, 0.2) is 36.1 Å². The number of hydrogen-bond acceptors (Lipinski definition) is 5. The molecule has 0 aliphatic heterocycles. The Kier molecular flexibility index (Phi) is 4.20. The number of aromatic nitrogens is 1. The van der Waals surface area contributed by atoms with Gasteiger partial charge in [-0.3, -0.25) is 0 Å². The van der Waals surface area contributed by atoms with E-state index >= 15 is 0 Å². The average Bonchev–Trinajstić information content (AvgIpc) is 2.26. The number of allylic oxidation sites excluding steroid dienone is 3. The normalized spacial score (nSPS) is 13.6. The highest BCUT2D eigenvalue weighted by Gasteiger charge is 1.92. The topological polar surface area (TPSA) is 117 Å². The van der Waals surface area contributed by atoms with Crippen LogP contribution >= 0.6 is 0 Å². The molecule has 0 saturated carbocycles. The maximum Gasteiger partial charge on any atom is 0.149 e. The van der Waals surface area contributed by atoms with E-state index in [1.807, 2.05) is 12.2 Å². The highest BCUT2D eigenvalue weighted by Crippen LogP contribution is 2.11. The molecular formula is C11H17N5. The van der Waals surface area contributed by atoms with Crippen molar-refractivity contribution < 1.29 is 0 Å². The summed E-state index contributed by atoms with van der Waals surface area (Å²) in [7, 11) is 0. The molecule has 5 heteroatoms. The molecule has 1 aromatic heterocycles. The lowest BCUT2D eigenvalue weighted by molar-refractivity contribution is 1.01. The number of hydrogen-bond donors (Lipinski definition) is 4. The number of rotatable bonds is 0. The summed E-state index contributed by atoms with van der Waals surface area (Å²) in [6.07, 6.45) is 8.35. The van der Waals surface area contributed by atoms with Crippen molar-refractivity contribution in [3.63, 3.8) is 0 Å². The highest BCUT2D eigenvalue weighted by atomic mass is 14.9. The van der Waals surface area contributed by atoms with Gasteiger partial charge in [-0.1, -0.05) is 12.2 Å². The lowest BCUT2D eigenvalue weighted by Crippen LogP contribution is -1.99. The quantitative estimate of drug-likeness (QED) is 0.519. The predicted octanol–water partition coefficient (Wildman–Crippen LogP) is 1.01. The maximum atomic E-state index is 5.41. The number of nitrogens with zero attached hydrogens (tertiary/aromatic N) is 1. The van der Waals surface area contributed by atoms with Crippen molar-refractivity contribution in [2.24, 2.45) is 5.73 Å². The van der Waals surface area contributed by atoms with Crippen LogP contribution in [0.5, 0.6) is 0 Å². The average molecular weight is 219 g/mol. The molecule has 8 N–H and O–H groups in total. The van der Waals surface area contributed by atoms with Gasteiger partial charge in [0.05, 0.1) is 5.69 Å². The SMILES string of the molecule is NC1=CCCC=C1.Nc1ccc(N)c(N)n1. The summed E-state index contributed by atoms with van der Waals surface area (Å²) in [6.45, 7) is 0. The number of anilines is 3. The van der Waals surface area contributed by atoms with Gasteiger partial charge in [-0.25, -0.2) is 4.98 Å². The Hall–Kier alpha value is -2.17. The fourth-order valence-electron chi connectivity index (χ4n) is 1.14. The summed E-state index contributed by atoms with van der Waals surface area (Å²) in [5.41, 5.74) is 22.7. The van der Waals surface area contributed by atoms with Crippen LogP contribution in [-0.2, 0) is 0 Å². The van der Waals surface area contributed by atoms with Crippen LogP contribution in [0.1, 0.15) is 12.8 Å². The Labute approximate surface area is 94.8 Å². The fraction of sp³-hybridized carbons (Fsp3) is 0.182. The van der Waals surface area contributed by atoms with Gasteiger partial charge in [0.1, 0.15) is 11.6 Å². The first kappa shape index (κ1) is 11.9. The molecule has 5 nitrogen and oxygen atoms in total. The van der Waals surface area contributed by atoms with Gasteiger partial charge in [-0.05, 0) is 31.1 Å². The second-order valence-electron chi connectivity index (χ2n) is 3.39. The molecule has 0 unspecified atom stereocenters.